The van der Waals surface area contributed by atoms with E-state index in [1.54, 1.807) is 35.4 Å². The van der Waals surface area contributed by atoms with E-state index >= 15 is 0 Å². The molecule has 0 aliphatic heterocycles. The first-order valence-corrected chi connectivity index (χ1v) is 8.00. The van der Waals surface area contributed by atoms with Crippen LogP contribution in [0.4, 0.5) is 0 Å². The lowest BCUT2D eigenvalue weighted by molar-refractivity contribution is 0.269. The molecule has 0 radical (unpaired) electrons. The normalized spacial score (nSPS) is 11.9. The van der Waals surface area contributed by atoms with Gasteiger partial charge in [-0.3, -0.25) is 0 Å². The molecule has 22 heavy (non-hydrogen) atoms. The average Bonchev–Trinajstić information content (AvgIpc) is 3.02. The van der Waals surface area contributed by atoms with Gasteiger partial charge in [-0.1, -0.05) is 23.2 Å². The third-order valence-electron chi connectivity index (χ3n) is 3.01. The van der Waals surface area contributed by atoms with Gasteiger partial charge < -0.3 is 4.57 Å². The van der Waals surface area contributed by atoms with E-state index in [0.717, 1.165) is 11.1 Å². The van der Waals surface area contributed by atoms with Crippen molar-refractivity contribution in [3.05, 3.63) is 52.7 Å². The second-order valence-electron chi connectivity index (χ2n) is 4.37. The van der Waals surface area contributed by atoms with Crippen molar-refractivity contribution in [1.82, 2.24) is 14.5 Å². The largest absolute Gasteiger partial charge is 0.695 e. The Bertz CT molecular complexity index is 855. The minimum atomic E-state index is -2.70. The fourth-order valence-corrected chi connectivity index (χ4v) is 2.68. The molecule has 2 aromatic heterocycles. The maximum atomic E-state index is 10.7. The van der Waals surface area contributed by atoms with Gasteiger partial charge in [0.05, 0.1) is 33.3 Å². The van der Waals surface area contributed by atoms with Gasteiger partial charge in [-0.05, 0) is 18.2 Å². The summed E-state index contributed by atoms with van der Waals surface area (Å²) in [5.41, 5.74) is 1.72. The van der Waals surface area contributed by atoms with Gasteiger partial charge in [-0.2, -0.15) is 0 Å². The molecule has 9 heteroatoms. The molecule has 0 saturated carbocycles. The lowest BCUT2D eigenvalue weighted by Gasteiger charge is -2.11. The number of halogens is 2. The minimum absolute atomic E-state index is 0.119. The van der Waals surface area contributed by atoms with Crippen molar-refractivity contribution in [1.29, 1.82) is 0 Å². The quantitative estimate of drug-likeness (QED) is 0.717. The van der Waals surface area contributed by atoms with Gasteiger partial charge in [0.1, 0.15) is 6.61 Å². The van der Waals surface area contributed by atoms with Crippen LogP contribution in [0.3, 0.4) is 0 Å². The van der Waals surface area contributed by atoms with Crippen molar-refractivity contribution in [2.75, 3.05) is 0 Å². The van der Waals surface area contributed by atoms with Crippen molar-refractivity contribution >= 4 is 42.4 Å². The van der Waals surface area contributed by atoms with Crippen LogP contribution in [-0.2, 0) is 15.7 Å². The van der Waals surface area contributed by atoms with Gasteiger partial charge in [0, 0.05) is 22.3 Å². The second-order valence-corrected chi connectivity index (χ2v) is 5.89. The van der Waals surface area contributed by atoms with Crippen molar-refractivity contribution in [3.63, 3.8) is 0 Å². The summed E-state index contributed by atoms with van der Waals surface area (Å²) in [6.07, 6.45) is 5.05. The molecule has 112 valence electrons. The molecule has 0 saturated heterocycles. The van der Waals surface area contributed by atoms with E-state index in [9.17, 15) is 4.57 Å². The number of imidazole rings is 1. The van der Waals surface area contributed by atoms with Crippen LogP contribution < -0.4 is 0 Å². The van der Waals surface area contributed by atoms with E-state index in [4.69, 9.17) is 32.6 Å². The number of hydrogen-bond donors (Lipinski definition) is 1. The number of hydrogen-bond acceptors (Lipinski definition) is 4. The van der Waals surface area contributed by atoms with E-state index in [0.29, 0.717) is 21.3 Å². The molecule has 2 heterocycles. The molecule has 0 aliphatic rings. The zero-order valence-electron chi connectivity index (χ0n) is 11.0. The van der Waals surface area contributed by atoms with E-state index < -0.39 is 8.25 Å². The highest BCUT2D eigenvalue weighted by molar-refractivity contribution is 7.32. The van der Waals surface area contributed by atoms with Crippen LogP contribution >= 0.6 is 31.5 Å². The molecule has 3 aromatic rings. The van der Waals surface area contributed by atoms with Crippen LogP contribution in [0.2, 0.25) is 10.0 Å². The summed E-state index contributed by atoms with van der Waals surface area (Å²) in [6, 6.07) is 5.24. The summed E-state index contributed by atoms with van der Waals surface area (Å²) in [6.45, 7) is -0.119. The molecular weight excluding hydrogens is 348 g/mol. The van der Waals surface area contributed by atoms with E-state index in [1.807, 2.05) is 6.07 Å². The lowest BCUT2D eigenvalue weighted by atomic mass is 10.1. The van der Waals surface area contributed by atoms with Crippen LogP contribution in [0.1, 0.15) is 5.69 Å². The summed E-state index contributed by atoms with van der Waals surface area (Å²) in [5.74, 6) is 0. The minimum Gasteiger partial charge on any atom is -0.306 e. The Balaban J connectivity index is 2.22. The Hall–Kier alpha value is -1.56. The predicted octanol–water partition coefficient (Wildman–Crippen LogP) is 3.89. The third kappa shape index (κ3) is 2.97. The molecule has 0 spiro atoms. The predicted molar refractivity (Wildman–Crippen MR) is 83.5 cm³/mol. The molecular formula is C13H9Cl2N3O3P+. The Morgan fingerprint density at radius 2 is 2.18 bits per heavy atom. The Morgan fingerprint density at radius 3 is 2.86 bits per heavy atom. The number of nitrogens with zero attached hydrogens (tertiary/aromatic N) is 3. The van der Waals surface area contributed by atoms with Crippen LogP contribution in [0.15, 0.2) is 36.9 Å². The molecule has 3 rings (SSSR count). The summed E-state index contributed by atoms with van der Waals surface area (Å²) in [4.78, 5) is 17.2. The van der Waals surface area contributed by atoms with Crippen LogP contribution in [0.5, 0.6) is 0 Å². The molecule has 0 aliphatic carbocycles. The first-order chi connectivity index (χ1) is 10.6. The second kappa shape index (κ2) is 6.28. The van der Waals surface area contributed by atoms with Gasteiger partial charge in [-0.25, -0.2) is 9.97 Å². The molecule has 0 fully saturated rings. The topological polar surface area (TPSA) is 77.2 Å². The van der Waals surface area contributed by atoms with Crippen molar-refractivity contribution in [2.24, 2.45) is 0 Å². The molecule has 1 N–H and O–H groups in total. The van der Waals surface area contributed by atoms with Crippen LogP contribution in [0.25, 0.3) is 16.6 Å². The van der Waals surface area contributed by atoms with E-state index in [2.05, 4.69) is 9.97 Å². The zero-order valence-corrected chi connectivity index (χ0v) is 13.4. The fourth-order valence-electron chi connectivity index (χ4n) is 2.08. The van der Waals surface area contributed by atoms with Gasteiger partial charge in [0.15, 0.2) is 0 Å². The Kier molecular flexibility index (Phi) is 4.38. The summed E-state index contributed by atoms with van der Waals surface area (Å²) >= 11 is 12.3. The molecule has 1 unspecified atom stereocenters. The van der Waals surface area contributed by atoms with Gasteiger partial charge >= 0.3 is 8.25 Å². The first kappa shape index (κ1) is 15.3. The molecule has 0 amide bonds. The number of benzene rings is 1. The highest BCUT2D eigenvalue weighted by atomic mass is 35.5. The number of aromatic nitrogens is 3. The Labute approximate surface area is 136 Å². The van der Waals surface area contributed by atoms with Crippen LogP contribution in [-0.4, -0.2) is 19.4 Å². The lowest BCUT2D eigenvalue weighted by Crippen LogP contribution is -1.99. The maximum absolute atomic E-state index is 10.7. The van der Waals surface area contributed by atoms with Crippen molar-refractivity contribution in [2.45, 2.75) is 6.61 Å². The van der Waals surface area contributed by atoms with Crippen LogP contribution in [0, 0.1) is 0 Å². The monoisotopic (exact) mass is 356 g/mol. The number of pyridine rings is 1. The molecule has 1 atom stereocenters. The molecule has 0 bridgehead atoms. The third-order valence-corrected chi connectivity index (χ3v) is 4.15. The average molecular weight is 357 g/mol. The van der Waals surface area contributed by atoms with E-state index in [-0.39, 0.29) is 6.61 Å². The molecule has 1 aromatic carbocycles. The highest BCUT2D eigenvalue weighted by Crippen LogP contribution is 2.33. The maximum Gasteiger partial charge on any atom is 0.695 e. The summed E-state index contributed by atoms with van der Waals surface area (Å²) in [7, 11) is -2.70. The smallest absolute Gasteiger partial charge is 0.306 e. The van der Waals surface area contributed by atoms with Crippen molar-refractivity contribution < 1.29 is 14.0 Å². The summed E-state index contributed by atoms with van der Waals surface area (Å²) < 4.78 is 17.2. The number of rotatable bonds is 4. The molecule has 6 nitrogen and oxygen atoms in total. The highest BCUT2D eigenvalue weighted by Gasteiger charge is 2.16. The van der Waals surface area contributed by atoms with Gasteiger partial charge in [-0.15, -0.1) is 9.42 Å². The van der Waals surface area contributed by atoms with Gasteiger partial charge in [0.25, 0.3) is 0 Å². The standard InChI is InChI=1S/C13H8Cl2N3O3P/c14-10-2-1-9-11(18-4-3-16-7-18)5-8(6-21-22(19)20)17-13(9)12(10)15/h1-5,7H,6H2/p+1. The number of fused-ring (bicyclic) bond motifs is 1. The first-order valence-electron chi connectivity index (χ1n) is 6.11. The fraction of sp³-hybridized carbons (Fsp3) is 0.0769. The summed E-state index contributed by atoms with van der Waals surface area (Å²) in [5, 5.41) is 1.48. The zero-order chi connectivity index (χ0) is 15.7. The SMILES string of the molecule is O=[P+](O)OCc1cc(-n2ccnc2)c2ccc(Cl)c(Cl)c2n1. The van der Waals surface area contributed by atoms with Gasteiger partial charge in [0.2, 0.25) is 0 Å². The van der Waals surface area contributed by atoms with Crippen molar-refractivity contribution in [3.8, 4) is 5.69 Å². The Morgan fingerprint density at radius 1 is 1.36 bits per heavy atom. The van der Waals surface area contributed by atoms with E-state index in [1.165, 1.54) is 0 Å².